The zero-order valence-electron chi connectivity index (χ0n) is 11.7. The van der Waals surface area contributed by atoms with Crippen LogP contribution in [0.2, 0.25) is 18.1 Å². The van der Waals surface area contributed by atoms with E-state index in [0.29, 0.717) is 0 Å². The van der Waals surface area contributed by atoms with Crippen molar-refractivity contribution in [2.75, 3.05) is 0 Å². The molecule has 0 saturated carbocycles. The maximum atomic E-state index is 6.38. The van der Waals surface area contributed by atoms with Gasteiger partial charge in [0.25, 0.3) is 0 Å². The molecule has 2 heteroatoms. The van der Waals surface area contributed by atoms with Crippen molar-refractivity contribution < 1.29 is 4.43 Å². The molecule has 0 heterocycles. The Hall–Kier alpha value is -0.503. The van der Waals surface area contributed by atoms with E-state index < -0.39 is 8.32 Å². The van der Waals surface area contributed by atoms with Crippen molar-refractivity contribution in [2.24, 2.45) is 0 Å². The fraction of sp³-hybridized carbons (Fsp3) is 0.714. The summed E-state index contributed by atoms with van der Waals surface area (Å²) < 4.78 is 6.38. The second-order valence-corrected chi connectivity index (χ2v) is 10.8. The molecule has 0 saturated heterocycles. The number of hydrogen-bond donors (Lipinski definition) is 0. The lowest BCUT2D eigenvalue weighted by Crippen LogP contribution is -2.40. The summed E-state index contributed by atoms with van der Waals surface area (Å²) in [5.41, 5.74) is 1.40. The monoisotopic (exact) mass is 238 g/mol. The topological polar surface area (TPSA) is 9.23 Å². The fourth-order valence-corrected chi connectivity index (χ4v) is 2.63. The highest BCUT2D eigenvalue weighted by molar-refractivity contribution is 6.74. The van der Waals surface area contributed by atoms with Crippen LogP contribution >= 0.6 is 0 Å². The summed E-state index contributed by atoms with van der Waals surface area (Å²) in [5, 5.41) is 0.282. The standard InChI is InChI=1S/C14H26OSi/c1-7-12-10-8-9-11-13(12)15-16(5,6)14(2,3)4/h10-11H,7-9H2,1-6H3. The van der Waals surface area contributed by atoms with Crippen LogP contribution in [-0.4, -0.2) is 8.32 Å². The summed E-state index contributed by atoms with van der Waals surface area (Å²) in [6, 6.07) is 0. The molecular formula is C14H26OSi. The van der Waals surface area contributed by atoms with Crippen LogP contribution in [0.5, 0.6) is 0 Å². The van der Waals surface area contributed by atoms with Crippen molar-refractivity contribution in [2.45, 2.75) is 65.1 Å². The highest BCUT2D eigenvalue weighted by Gasteiger charge is 2.39. The first-order valence-electron chi connectivity index (χ1n) is 6.36. The van der Waals surface area contributed by atoms with Gasteiger partial charge in [0.2, 0.25) is 8.32 Å². The van der Waals surface area contributed by atoms with E-state index in [9.17, 15) is 0 Å². The van der Waals surface area contributed by atoms with Gasteiger partial charge in [0.1, 0.15) is 5.76 Å². The molecule has 92 valence electrons. The summed E-state index contributed by atoms with van der Waals surface area (Å²) in [6.45, 7) is 13.7. The van der Waals surface area contributed by atoms with E-state index >= 15 is 0 Å². The van der Waals surface area contributed by atoms with Crippen LogP contribution in [0.4, 0.5) is 0 Å². The Labute approximate surface area is 102 Å². The summed E-state index contributed by atoms with van der Waals surface area (Å²) in [4.78, 5) is 0. The number of allylic oxidation sites excluding steroid dienone is 3. The molecule has 0 aromatic heterocycles. The lowest BCUT2D eigenvalue weighted by atomic mass is 10.0. The molecule has 0 N–H and O–H groups in total. The maximum Gasteiger partial charge on any atom is 0.250 e. The van der Waals surface area contributed by atoms with Gasteiger partial charge in [0, 0.05) is 0 Å². The van der Waals surface area contributed by atoms with Crippen LogP contribution in [0.25, 0.3) is 0 Å². The molecule has 0 atom stereocenters. The minimum Gasteiger partial charge on any atom is -0.544 e. The van der Waals surface area contributed by atoms with Gasteiger partial charge in [-0.3, -0.25) is 0 Å². The normalized spacial score (nSPS) is 17.9. The highest BCUT2D eigenvalue weighted by atomic mass is 28.4. The van der Waals surface area contributed by atoms with E-state index in [0.717, 1.165) is 12.8 Å². The van der Waals surface area contributed by atoms with E-state index in [2.05, 4.69) is 52.9 Å². The van der Waals surface area contributed by atoms with E-state index in [4.69, 9.17) is 4.43 Å². The van der Waals surface area contributed by atoms with Gasteiger partial charge in [-0.2, -0.15) is 0 Å². The lowest BCUT2D eigenvalue weighted by Gasteiger charge is -2.38. The Balaban J connectivity index is 2.81. The van der Waals surface area contributed by atoms with E-state index in [1.807, 2.05) is 0 Å². The molecule has 1 aliphatic rings. The average Bonchev–Trinajstić information content (AvgIpc) is 2.16. The zero-order valence-corrected chi connectivity index (χ0v) is 12.7. The van der Waals surface area contributed by atoms with E-state index in [-0.39, 0.29) is 5.04 Å². The van der Waals surface area contributed by atoms with E-state index in [1.54, 1.807) is 0 Å². The van der Waals surface area contributed by atoms with Gasteiger partial charge in [-0.1, -0.05) is 33.8 Å². The molecule has 0 unspecified atom stereocenters. The second kappa shape index (κ2) is 4.78. The molecule has 0 fully saturated rings. The molecule has 16 heavy (non-hydrogen) atoms. The van der Waals surface area contributed by atoms with Crippen LogP contribution in [0, 0.1) is 0 Å². The first-order valence-corrected chi connectivity index (χ1v) is 9.27. The molecule has 0 aliphatic heterocycles. The third kappa shape index (κ3) is 3.00. The van der Waals surface area contributed by atoms with Gasteiger partial charge in [0.05, 0.1) is 0 Å². The molecule has 0 spiro atoms. The first kappa shape index (κ1) is 13.6. The fourth-order valence-electron chi connectivity index (χ4n) is 1.56. The van der Waals surface area contributed by atoms with Crippen LogP contribution in [0.15, 0.2) is 23.5 Å². The van der Waals surface area contributed by atoms with Crippen LogP contribution < -0.4 is 0 Å². The Bertz CT molecular complexity index is 305. The van der Waals surface area contributed by atoms with Gasteiger partial charge >= 0.3 is 0 Å². The van der Waals surface area contributed by atoms with Crippen molar-refractivity contribution in [1.29, 1.82) is 0 Å². The van der Waals surface area contributed by atoms with Gasteiger partial charge in [-0.25, -0.2) is 0 Å². The Morgan fingerprint density at radius 2 is 1.75 bits per heavy atom. The van der Waals surface area contributed by atoms with Crippen LogP contribution in [-0.2, 0) is 4.43 Å². The SMILES string of the molecule is CCC1=CCCC=C1O[Si](C)(C)C(C)(C)C. The molecule has 0 bridgehead atoms. The average molecular weight is 238 g/mol. The Morgan fingerprint density at radius 1 is 1.19 bits per heavy atom. The third-order valence-electron chi connectivity index (χ3n) is 3.76. The third-order valence-corrected chi connectivity index (χ3v) is 8.10. The van der Waals surface area contributed by atoms with Crippen LogP contribution in [0.3, 0.4) is 0 Å². The van der Waals surface area contributed by atoms with Gasteiger partial charge in [-0.05, 0) is 49.0 Å². The predicted octanol–water partition coefficient (Wildman–Crippen LogP) is 5.02. The van der Waals surface area contributed by atoms with Crippen molar-refractivity contribution in [3.05, 3.63) is 23.5 Å². The van der Waals surface area contributed by atoms with Crippen LogP contribution in [0.1, 0.15) is 47.0 Å². The molecule has 0 amide bonds. The molecule has 0 aromatic carbocycles. The van der Waals surface area contributed by atoms with Gasteiger partial charge in [0.15, 0.2) is 0 Å². The lowest BCUT2D eigenvalue weighted by molar-refractivity contribution is 0.386. The summed E-state index contributed by atoms with van der Waals surface area (Å²) in [7, 11) is -1.66. The largest absolute Gasteiger partial charge is 0.544 e. The Kier molecular flexibility index (Phi) is 4.05. The number of hydrogen-bond acceptors (Lipinski definition) is 1. The van der Waals surface area contributed by atoms with Crippen molar-refractivity contribution >= 4 is 8.32 Å². The Morgan fingerprint density at radius 3 is 2.25 bits per heavy atom. The molecule has 1 aliphatic carbocycles. The van der Waals surface area contributed by atoms with Crippen molar-refractivity contribution in [3.63, 3.8) is 0 Å². The number of rotatable bonds is 3. The smallest absolute Gasteiger partial charge is 0.250 e. The van der Waals surface area contributed by atoms with Crippen molar-refractivity contribution in [1.82, 2.24) is 0 Å². The summed E-state index contributed by atoms with van der Waals surface area (Å²) in [5.74, 6) is 1.17. The van der Waals surface area contributed by atoms with Gasteiger partial charge < -0.3 is 4.43 Å². The minimum atomic E-state index is -1.66. The van der Waals surface area contributed by atoms with Crippen molar-refractivity contribution in [3.8, 4) is 0 Å². The highest BCUT2D eigenvalue weighted by Crippen LogP contribution is 2.39. The maximum absolute atomic E-state index is 6.38. The second-order valence-electron chi connectivity index (χ2n) is 6.09. The quantitative estimate of drug-likeness (QED) is 0.627. The molecular weight excluding hydrogens is 212 g/mol. The van der Waals surface area contributed by atoms with Gasteiger partial charge in [-0.15, -0.1) is 0 Å². The predicted molar refractivity (Wildman–Crippen MR) is 74.0 cm³/mol. The minimum absolute atomic E-state index is 0.282. The molecule has 1 rings (SSSR count). The molecule has 0 radical (unpaired) electrons. The molecule has 1 nitrogen and oxygen atoms in total. The zero-order chi connectivity index (χ0) is 12.4. The summed E-state index contributed by atoms with van der Waals surface area (Å²) in [6.07, 6.45) is 8.00. The van der Waals surface area contributed by atoms with E-state index in [1.165, 1.54) is 17.8 Å². The first-order chi connectivity index (χ1) is 7.28. The summed E-state index contributed by atoms with van der Waals surface area (Å²) >= 11 is 0. The molecule has 0 aromatic rings.